The number of likely N-dealkylation sites (N-methyl/N-ethyl adjacent to an activating group) is 2. The van der Waals surface area contributed by atoms with Crippen LogP contribution in [0.15, 0.2) is 156 Å². The molecule has 4 N–H and O–H groups in total. The number of anilines is 4. The zero-order valence-corrected chi connectivity index (χ0v) is 58.3. The fourth-order valence-electron chi connectivity index (χ4n) is 12.3. The Morgan fingerprint density at radius 3 is 1.24 bits per heavy atom. The lowest BCUT2D eigenvalue weighted by molar-refractivity contribution is -0.138. The number of aliphatic hydroxyl groups is 2. The first kappa shape index (κ1) is 75.8. The summed E-state index contributed by atoms with van der Waals surface area (Å²) in [5, 5.41) is 29.3. The molecule has 0 amide bonds. The van der Waals surface area contributed by atoms with Gasteiger partial charge in [-0.3, -0.25) is 0 Å². The smallest absolute Gasteiger partial charge is 0.416 e. The van der Waals surface area contributed by atoms with E-state index in [0.717, 1.165) is 57.1 Å². The number of ether oxygens (including phenoxy) is 4. The molecule has 0 spiro atoms. The largest absolute Gasteiger partial charge is 0.497 e. The molecule has 6 aromatic carbocycles. The SMILES string of the molecule is COc1ccc(CN(c2ccncn2)S(=O)(=O)c2cc(Cl)c(N[C@@H]3CC[C@@](O)(c4cccc(C(F)(F)F)c4)C[C@H]3N(C)C)cc2F)c(OC)c1.COc1ccc(CN(c2ccncn2)S(=O)(=O)c2cc(Cl)c(N[C@H]3CC[C@](O)(c4cccc(C(F)(F)F)c4)C[C@@H]3N(C)C)cc2F)c(OC)c1. The van der Waals surface area contributed by atoms with E-state index < -0.39 is 100 Å². The molecule has 2 saturated carbocycles. The number of nitrogens with one attached hydrogen (secondary N) is 2. The molecular formula is C68H72Cl2F8N10O10S2. The van der Waals surface area contributed by atoms with Gasteiger partial charge in [-0.15, -0.1) is 0 Å². The van der Waals surface area contributed by atoms with E-state index in [2.05, 4.69) is 30.6 Å². The van der Waals surface area contributed by atoms with Gasteiger partial charge in [-0.1, -0.05) is 47.5 Å². The third kappa shape index (κ3) is 17.0. The van der Waals surface area contributed by atoms with Gasteiger partial charge in [0, 0.05) is 72.0 Å². The number of halogens is 10. The molecule has 2 aromatic heterocycles. The minimum absolute atomic E-state index is 0.0279. The zero-order chi connectivity index (χ0) is 72.9. The van der Waals surface area contributed by atoms with Gasteiger partial charge in [0.1, 0.15) is 68.7 Å². The normalized spacial score (nSPS) is 19.7. The van der Waals surface area contributed by atoms with Gasteiger partial charge in [0.05, 0.1) is 85.3 Å². The number of nitrogens with zero attached hydrogens (tertiary/aromatic N) is 8. The molecule has 2 fully saturated rings. The van der Waals surface area contributed by atoms with Crippen molar-refractivity contribution in [2.24, 2.45) is 0 Å². The van der Waals surface area contributed by atoms with Crippen LogP contribution in [0.25, 0.3) is 0 Å². The van der Waals surface area contributed by atoms with Gasteiger partial charge < -0.3 is 49.6 Å². The van der Waals surface area contributed by atoms with Crippen molar-refractivity contribution >= 4 is 66.3 Å². The molecule has 536 valence electrons. The molecule has 2 aliphatic rings. The third-order valence-electron chi connectivity index (χ3n) is 17.7. The van der Waals surface area contributed by atoms with Gasteiger partial charge in [0.15, 0.2) is 0 Å². The van der Waals surface area contributed by atoms with Crippen molar-refractivity contribution < 1.29 is 81.1 Å². The van der Waals surface area contributed by atoms with E-state index in [1.165, 1.54) is 89.9 Å². The van der Waals surface area contributed by atoms with Gasteiger partial charge in [-0.25, -0.2) is 54.2 Å². The molecule has 8 aromatic rings. The molecule has 0 aliphatic heterocycles. The highest BCUT2D eigenvalue weighted by Crippen LogP contribution is 2.46. The van der Waals surface area contributed by atoms with Crippen LogP contribution >= 0.6 is 23.2 Å². The summed E-state index contributed by atoms with van der Waals surface area (Å²) in [6.07, 6.45) is -3.21. The lowest BCUT2D eigenvalue weighted by atomic mass is 9.74. The average molecular weight is 1480 g/mol. The lowest BCUT2D eigenvalue weighted by Crippen LogP contribution is -2.52. The van der Waals surface area contributed by atoms with Crippen LogP contribution in [0, 0.1) is 11.6 Å². The standard InChI is InChI=1S/2C34H36ClF4N5O5S/c2*1-43(2)29-18-33(45,22-6-5-7-23(14-22)34(37,38)39)12-10-27(29)42-28-17-26(36)31(16-25(28)35)50(46,47)44(32-11-13-40-20-41-32)19-21-8-9-24(48-3)15-30(21)49-4/h2*5-9,11,13-17,20,27,29,42,45H,10,12,18-19H2,1-4H3/t2*27-,29-,33+/m10/s1. The predicted octanol–water partition coefficient (Wildman–Crippen LogP) is 13.0. The van der Waals surface area contributed by atoms with E-state index in [-0.39, 0.29) is 95.8 Å². The Morgan fingerprint density at radius 1 is 0.540 bits per heavy atom. The number of alkyl halides is 6. The number of hydrogen-bond acceptors (Lipinski definition) is 18. The maximum atomic E-state index is 16.0. The number of sulfonamides is 2. The number of methoxy groups -OCH3 is 4. The van der Waals surface area contributed by atoms with Crippen LogP contribution in [0.3, 0.4) is 0 Å². The molecule has 100 heavy (non-hydrogen) atoms. The Hall–Kier alpha value is -8.36. The summed E-state index contributed by atoms with van der Waals surface area (Å²) in [6, 6.07) is 24.0. The van der Waals surface area contributed by atoms with Crippen molar-refractivity contribution in [3.63, 3.8) is 0 Å². The number of rotatable bonds is 22. The average Bonchev–Trinajstić information content (AvgIpc) is 0.776. The number of hydrogen-bond donors (Lipinski definition) is 4. The topological polar surface area (TPSA) is 234 Å². The minimum Gasteiger partial charge on any atom is -0.497 e. The van der Waals surface area contributed by atoms with Crippen LogP contribution in [0.1, 0.15) is 71.9 Å². The summed E-state index contributed by atoms with van der Waals surface area (Å²) < 4.78 is 192. The Kier molecular flexibility index (Phi) is 23.4. The molecule has 0 bridgehead atoms. The predicted molar refractivity (Wildman–Crippen MR) is 361 cm³/mol. The Morgan fingerprint density at radius 2 is 0.920 bits per heavy atom. The highest BCUT2D eigenvalue weighted by molar-refractivity contribution is 7.93. The van der Waals surface area contributed by atoms with E-state index in [1.807, 2.05) is 9.80 Å². The van der Waals surface area contributed by atoms with Gasteiger partial charge in [0.2, 0.25) is 0 Å². The van der Waals surface area contributed by atoms with Crippen LogP contribution in [-0.2, 0) is 56.7 Å². The summed E-state index contributed by atoms with van der Waals surface area (Å²) in [5.41, 5.74) is -3.43. The Balaban J connectivity index is 0.000000233. The fraction of sp³-hybridized carbons (Fsp3) is 0.353. The molecule has 0 unspecified atom stereocenters. The maximum absolute atomic E-state index is 16.0. The second kappa shape index (κ2) is 30.9. The van der Waals surface area contributed by atoms with Gasteiger partial charge in [0.25, 0.3) is 20.0 Å². The third-order valence-corrected chi connectivity index (χ3v) is 21.8. The van der Waals surface area contributed by atoms with E-state index >= 15 is 8.78 Å². The van der Waals surface area contributed by atoms with Crippen molar-refractivity contribution in [3.8, 4) is 23.0 Å². The lowest BCUT2D eigenvalue weighted by Gasteiger charge is -2.45. The Labute approximate surface area is 583 Å². The van der Waals surface area contributed by atoms with Crippen molar-refractivity contribution in [3.05, 3.63) is 201 Å². The summed E-state index contributed by atoms with van der Waals surface area (Å²) >= 11 is 13.2. The van der Waals surface area contributed by atoms with Crippen LogP contribution in [0.2, 0.25) is 10.0 Å². The molecule has 10 rings (SSSR count). The van der Waals surface area contributed by atoms with Crippen molar-refractivity contribution in [1.29, 1.82) is 0 Å². The highest BCUT2D eigenvalue weighted by Gasteiger charge is 2.46. The van der Waals surface area contributed by atoms with Crippen molar-refractivity contribution in [2.45, 2.75) is 109 Å². The summed E-state index contributed by atoms with van der Waals surface area (Å²) in [5.74, 6) is -0.597. The quantitative estimate of drug-likeness (QED) is 0.0462. The molecule has 20 nitrogen and oxygen atoms in total. The van der Waals surface area contributed by atoms with E-state index in [1.54, 1.807) is 64.6 Å². The van der Waals surface area contributed by atoms with Crippen molar-refractivity contribution in [2.75, 3.05) is 75.9 Å². The molecular weight excluding hydrogens is 1400 g/mol. The van der Waals surface area contributed by atoms with E-state index in [4.69, 9.17) is 42.1 Å². The van der Waals surface area contributed by atoms with Gasteiger partial charge in [-0.2, -0.15) is 26.3 Å². The minimum atomic E-state index is -4.63. The van der Waals surface area contributed by atoms with Gasteiger partial charge >= 0.3 is 12.4 Å². The highest BCUT2D eigenvalue weighted by atomic mass is 35.5. The monoisotopic (exact) mass is 1470 g/mol. The first-order valence-corrected chi connectivity index (χ1v) is 34.4. The molecule has 0 radical (unpaired) electrons. The second-order valence-electron chi connectivity index (χ2n) is 24.3. The maximum Gasteiger partial charge on any atom is 0.416 e. The summed E-state index contributed by atoms with van der Waals surface area (Å²) in [4.78, 5) is 18.1. The molecule has 2 aliphatic carbocycles. The molecule has 6 atom stereocenters. The molecule has 0 saturated heterocycles. The van der Waals surface area contributed by atoms with E-state index in [0.29, 0.717) is 34.1 Å². The summed E-state index contributed by atoms with van der Waals surface area (Å²) in [7, 11) is 3.57. The fourth-order valence-corrected chi connectivity index (χ4v) is 15.8. The van der Waals surface area contributed by atoms with Crippen molar-refractivity contribution in [1.82, 2.24) is 29.7 Å². The van der Waals surface area contributed by atoms with Crippen LogP contribution in [0.5, 0.6) is 23.0 Å². The molecule has 32 heteroatoms. The van der Waals surface area contributed by atoms with E-state index in [9.17, 15) is 53.4 Å². The van der Waals surface area contributed by atoms with Crippen LogP contribution in [-0.4, -0.2) is 138 Å². The number of aromatic nitrogens is 4. The second-order valence-corrected chi connectivity index (χ2v) is 28.8. The first-order valence-electron chi connectivity index (χ1n) is 30.8. The molecule has 2 heterocycles. The first-order chi connectivity index (χ1) is 47.1. The van der Waals surface area contributed by atoms with Crippen LogP contribution < -0.4 is 38.2 Å². The Bertz CT molecular complexity index is 4150. The van der Waals surface area contributed by atoms with Gasteiger partial charge in [-0.05, 0) is 151 Å². The summed E-state index contributed by atoms with van der Waals surface area (Å²) in [6.45, 7) is -0.574. The zero-order valence-electron chi connectivity index (χ0n) is 55.2. The van der Waals surface area contributed by atoms with Crippen LogP contribution in [0.4, 0.5) is 58.1 Å². The number of benzene rings is 6.